The molecule has 0 bridgehead atoms. The average molecular weight is 214 g/mol. The maximum absolute atomic E-state index is 10.6. The van der Waals surface area contributed by atoms with E-state index in [1.807, 2.05) is 0 Å². The third-order valence-electron chi connectivity index (χ3n) is 4.37. The second kappa shape index (κ2) is 3.70. The van der Waals surface area contributed by atoms with Crippen LogP contribution in [0.1, 0.15) is 44.9 Å². The van der Waals surface area contributed by atoms with Crippen molar-refractivity contribution in [3.05, 3.63) is 0 Å². The summed E-state index contributed by atoms with van der Waals surface area (Å²) in [6, 6.07) is -0.660. The van der Waals surface area contributed by atoms with Crippen LogP contribution in [0.5, 0.6) is 0 Å². The van der Waals surface area contributed by atoms with Crippen molar-refractivity contribution in [3.8, 4) is 0 Å². The van der Waals surface area contributed by atoms with Gasteiger partial charge in [0.05, 0.1) is 0 Å². The molecule has 4 atom stereocenters. The summed E-state index contributed by atoms with van der Waals surface area (Å²) in [5, 5.41) is 21.2. The van der Waals surface area contributed by atoms with Crippen LogP contribution < -0.4 is 11.5 Å². The molecule has 0 aromatic rings. The van der Waals surface area contributed by atoms with Gasteiger partial charge in [0.25, 0.3) is 0 Å². The maximum atomic E-state index is 10.6. The molecule has 2 aliphatic carbocycles. The lowest BCUT2D eigenvalue weighted by atomic mass is 9.67. The molecule has 4 heteroatoms. The number of rotatable bonds is 1. The Balaban J connectivity index is 2.26. The van der Waals surface area contributed by atoms with Crippen molar-refractivity contribution in [2.75, 3.05) is 0 Å². The Labute approximate surface area is 90.6 Å². The van der Waals surface area contributed by atoms with Crippen molar-refractivity contribution in [1.29, 1.82) is 0 Å². The zero-order valence-electron chi connectivity index (χ0n) is 9.15. The van der Waals surface area contributed by atoms with E-state index >= 15 is 0 Å². The molecule has 0 radical (unpaired) electrons. The zero-order valence-corrected chi connectivity index (χ0v) is 9.15. The molecular weight excluding hydrogens is 192 g/mol. The van der Waals surface area contributed by atoms with E-state index in [1.165, 1.54) is 0 Å². The van der Waals surface area contributed by atoms with Gasteiger partial charge in [-0.25, -0.2) is 0 Å². The van der Waals surface area contributed by atoms with Gasteiger partial charge in [0.1, 0.15) is 11.2 Å². The van der Waals surface area contributed by atoms with Gasteiger partial charge in [-0.05, 0) is 32.1 Å². The minimum absolute atomic E-state index is 0.327. The number of hydrogen-bond donors (Lipinski definition) is 4. The summed E-state index contributed by atoms with van der Waals surface area (Å²) in [7, 11) is 0. The van der Waals surface area contributed by atoms with Gasteiger partial charge in [-0.2, -0.15) is 0 Å². The summed E-state index contributed by atoms with van der Waals surface area (Å²) in [6.07, 6.45) is 5.58. The molecule has 4 nitrogen and oxygen atoms in total. The second-order valence-electron chi connectivity index (χ2n) is 5.20. The van der Waals surface area contributed by atoms with Crippen molar-refractivity contribution in [1.82, 2.24) is 0 Å². The smallest absolute Gasteiger partial charge is 0.110 e. The fourth-order valence-corrected chi connectivity index (χ4v) is 3.27. The summed E-state index contributed by atoms with van der Waals surface area (Å²) in [5.74, 6) is 0. The van der Waals surface area contributed by atoms with Crippen molar-refractivity contribution in [3.63, 3.8) is 0 Å². The van der Waals surface area contributed by atoms with Gasteiger partial charge in [0, 0.05) is 12.1 Å². The maximum Gasteiger partial charge on any atom is 0.110 e. The lowest BCUT2D eigenvalue weighted by Gasteiger charge is -2.49. The number of aliphatic hydroxyl groups is 2. The topological polar surface area (TPSA) is 92.5 Å². The monoisotopic (exact) mass is 214 g/mol. The van der Waals surface area contributed by atoms with Crippen LogP contribution in [0.3, 0.4) is 0 Å². The van der Waals surface area contributed by atoms with Crippen LogP contribution >= 0.6 is 0 Å². The molecule has 88 valence electrons. The first-order chi connectivity index (χ1) is 7.01. The molecule has 2 aliphatic rings. The molecule has 0 aliphatic heterocycles. The average Bonchev–Trinajstić information content (AvgIpc) is 2.54. The predicted octanol–water partition coefficient (Wildman–Crippen LogP) is -0.139. The highest BCUT2D eigenvalue weighted by molar-refractivity contribution is 5.14. The van der Waals surface area contributed by atoms with Gasteiger partial charge in [-0.15, -0.1) is 0 Å². The van der Waals surface area contributed by atoms with E-state index in [2.05, 4.69) is 0 Å². The normalized spacial score (nSPS) is 52.0. The first-order valence-corrected chi connectivity index (χ1v) is 5.96. The summed E-state index contributed by atoms with van der Waals surface area (Å²) in [5.41, 5.74) is 9.58. The van der Waals surface area contributed by atoms with E-state index in [4.69, 9.17) is 11.5 Å². The molecule has 0 spiro atoms. The highest BCUT2D eigenvalue weighted by Gasteiger charge is 2.58. The summed E-state index contributed by atoms with van der Waals surface area (Å²) >= 11 is 0. The fraction of sp³-hybridized carbons (Fsp3) is 1.00. The van der Waals surface area contributed by atoms with Gasteiger partial charge in [-0.1, -0.05) is 12.8 Å². The van der Waals surface area contributed by atoms with Crippen LogP contribution in [0.2, 0.25) is 0 Å². The van der Waals surface area contributed by atoms with Gasteiger partial charge in [0.15, 0.2) is 0 Å². The van der Waals surface area contributed by atoms with Crippen LogP contribution in [0, 0.1) is 0 Å². The van der Waals surface area contributed by atoms with Crippen LogP contribution in [-0.4, -0.2) is 33.5 Å². The largest absolute Gasteiger partial charge is 0.385 e. The molecular formula is C11H22N2O2. The molecule has 0 aromatic heterocycles. The lowest BCUT2D eigenvalue weighted by molar-refractivity contribution is -0.179. The van der Waals surface area contributed by atoms with E-state index in [1.54, 1.807) is 0 Å². The first kappa shape index (κ1) is 11.3. The third-order valence-corrected chi connectivity index (χ3v) is 4.37. The van der Waals surface area contributed by atoms with E-state index in [9.17, 15) is 10.2 Å². The van der Waals surface area contributed by atoms with Crippen molar-refractivity contribution >= 4 is 0 Å². The molecule has 2 saturated carbocycles. The summed E-state index contributed by atoms with van der Waals surface area (Å²) in [4.78, 5) is 0. The highest BCUT2D eigenvalue weighted by atomic mass is 16.4. The fourth-order valence-electron chi connectivity index (χ4n) is 3.27. The second-order valence-corrected chi connectivity index (χ2v) is 5.20. The molecule has 6 N–H and O–H groups in total. The van der Waals surface area contributed by atoms with Gasteiger partial charge < -0.3 is 21.7 Å². The van der Waals surface area contributed by atoms with Crippen LogP contribution in [0.25, 0.3) is 0 Å². The van der Waals surface area contributed by atoms with Crippen molar-refractivity contribution < 1.29 is 10.2 Å². The molecule has 4 unspecified atom stereocenters. The van der Waals surface area contributed by atoms with E-state index in [0.717, 1.165) is 32.1 Å². The number of hydrogen-bond acceptors (Lipinski definition) is 4. The molecule has 0 aromatic carbocycles. The SMILES string of the molecule is NC1CCCCC1(O)C1(O)CCCC1N. The van der Waals surface area contributed by atoms with E-state index in [0.29, 0.717) is 12.8 Å². The first-order valence-electron chi connectivity index (χ1n) is 5.96. The van der Waals surface area contributed by atoms with Gasteiger partial charge >= 0.3 is 0 Å². The van der Waals surface area contributed by atoms with Crippen molar-refractivity contribution in [2.45, 2.75) is 68.2 Å². The zero-order chi connectivity index (χ0) is 11.1. The minimum Gasteiger partial charge on any atom is -0.385 e. The third kappa shape index (κ3) is 1.51. The highest BCUT2D eigenvalue weighted by Crippen LogP contribution is 2.44. The summed E-state index contributed by atoms with van der Waals surface area (Å²) < 4.78 is 0. The van der Waals surface area contributed by atoms with Crippen LogP contribution in [-0.2, 0) is 0 Å². The Morgan fingerprint density at radius 1 is 0.800 bits per heavy atom. The molecule has 2 rings (SSSR count). The van der Waals surface area contributed by atoms with E-state index in [-0.39, 0.29) is 12.1 Å². The quantitative estimate of drug-likeness (QED) is 0.489. The molecule has 0 amide bonds. The molecule has 0 heterocycles. The van der Waals surface area contributed by atoms with Crippen molar-refractivity contribution in [2.24, 2.45) is 11.5 Å². The molecule has 0 saturated heterocycles. The Hall–Kier alpha value is -0.160. The standard InChI is InChI=1S/C11H22N2O2/c12-8-4-1-2-6-10(8,14)11(15)7-3-5-9(11)13/h8-9,14-15H,1-7,12-13H2. The van der Waals surface area contributed by atoms with Gasteiger partial charge in [0.2, 0.25) is 0 Å². The Morgan fingerprint density at radius 3 is 1.67 bits per heavy atom. The summed E-state index contributed by atoms with van der Waals surface area (Å²) in [6.45, 7) is 0. The Kier molecular flexibility index (Phi) is 2.79. The minimum atomic E-state index is -1.17. The van der Waals surface area contributed by atoms with E-state index < -0.39 is 11.2 Å². The van der Waals surface area contributed by atoms with Gasteiger partial charge in [-0.3, -0.25) is 0 Å². The lowest BCUT2D eigenvalue weighted by Crippen LogP contribution is -2.69. The Morgan fingerprint density at radius 2 is 1.27 bits per heavy atom. The predicted molar refractivity (Wildman–Crippen MR) is 58.2 cm³/mol. The van der Waals surface area contributed by atoms with Crippen LogP contribution in [0.15, 0.2) is 0 Å². The molecule has 2 fully saturated rings. The molecule has 15 heavy (non-hydrogen) atoms. The Bertz CT molecular complexity index is 249. The number of nitrogens with two attached hydrogens (primary N) is 2. The van der Waals surface area contributed by atoms with Crippen LogP contribution in [0.4, 0.5) is 0 Å².